The third-order valence-corrected chi connectivity index (χ3v) is 3.37. The van der Waals surface area contributed by atoms with E-state index >= 15 is 0 Å². The highest BCUT2D eigenvalue weighted by molar-refractivity contribution is 6.13. The van der Waals surface area contributed by atoms with E-state index in [2.05, 4.69) is 0 Å². The predicted octanol–water partition coefficient (Wildman–Crippen LogP) is 0.253. The van der Waals surface area contributed by atoms with Gasteiger partial charge in [0.2, 0.25) is 0 Å². The van der Waals surface area contributed by atoms with E-state index in [0.717, 1.165) is 6.42 Å². The molecule has 0 spiro atoms. The Hall–Kier alpha value is -2.24. The molecule has 6 nitrogen and oxygen atoms in total. The summed E-state index contributed by atoms with van der Waals surface area (Å²) in [6.45, 7) is 2.67. The van der Waals surface area contributed by atoms with Crippen molar-refractivity contribution < 1.29 is 19.2 Å². The van der Waals surface area contributed by atoms with Crippen LogP contribution in [-0.4, -0.2) is 46.5 Å². The first-order valence-corrected chi connectivity index (χ1v) is 6.56. The summed E-state index contributed by atoms with van der Waals surface area (Å²) in [5.74, 6) is -0.996. The van der Waals surface area contributed by atoms with Gasteiger partial charge >= 0.3 is 0 Å². The van der Waals surface area contributed by atoms with Crippen molar-refractivity contribution in [1.82, 2.24) is 9.80 Å². The summed E-state index contributed by atoms with van der Waals surface area (Å²) in [7, 11) is 0. The van der Waals surface area contributed by atoms with Gasteiger partial charge in [-0.05, 0) is 18.8 Å². The van der Waals surface area contributed by atoms with Crippen LogP contribution in [0.15, 0.2) is 24.3 Å². The molecule has 0 saturated carbocycles. The largest absolute Gasteiger partial charge is 0.275 e. The van der Waals surface area contributed by atoms with Crippen LogP contribution in [0.4, 0.5) is 0 Å². The summed E-state index contributed by atoms with van der Waals surface area (Å²) in [5.41, 5.74) is 0. The molecule has 0 bridgehead atoms. The summed E-state index contributed by atoms with van der Waals surface area (Å²) >= 11 is 0. The van der Waals surface area contributed by atoms with Crippen molar-refractivity contribution in [2.24, 2.45) is 5.92 Å². The molecular weight excluding hydrogens is 260 g/mol. The van der Waals surface area contributed by atoms with Gasteiger partial charge in [-0.2, -0.15) is 0 Å². The Balaban J connectivity index is 1.72. The van der Waals surface area contributed by atoms with Gasteiger partial charge in [0.05, 0.1) is 0 Å². The molecule has 0 unspecified atom stereocenters. The zero-order valence-electron chi connectivity index (χ0n) is 11.2. The van der Waals surface area contributed by atoms with Gasteiger partial charge < -0.3 is 0 Å². The minimum atomic E-state index is -0.282. The Kier molecular flexibility index (Phi) is 4.12. The number of nitrogens with zero attached hydrogens (tertiary/aromatic N) is 2. The zero-order chi connectivity index (χ0) is 14.7. The second kappa shape index (κ2) is 5.81. The van der Waals surface area contributed by atoms with Gasteiger partial charge in [0.25, 0.3) is 23.6 Å². The van der Waals surface area contributed by atoms with Crippen LogP contribution in [0, 0.1) is 5.92 Å². The molecule has 4 amide bonds. The maximum Gasteiger partial charge on any atom is 0.253 e. The molecule has 0 fully saturated rings. The molecule has 0 aliphatic carbocycles. The summed E-state index contributed by atoms with van der Waals surface area (Å²) < 4.78 is 0. The Morgan fingerprint density at radius 1 is 0.850 bits per heavy atom. The van der Waals surface area contributed by atoms with E-state index in [0.29, 0.717) is 19.5 Å². The van der Waals surface area contributed by atoms with Gasteiger partial charge in [-0.3, -0.25) is 29.0 Å². The first kappa shape index (κ1) is 14.2. The molecule has 0 N–H and O–H groups in total. The second-order valence-electron chi connectivity index (χ2n) is 5.03. The maximum absolute atomic E-state index is 11.4. The molecule has 2 rings (SSSR count). The summed E-state index contributed by atoms with van der Waals surface area (Å²) in [6, 6.07) is 0. The predicted molar refractivity (Wildman–Crippen MR) is 70.1 cm³/mol. The van der Waals surface area contributed by atoms with Crippen molar-refractivity contribution >= 4 is 23.6 Å². The van der Waals surface area contributed by atoms with Crippen LogP contribution in [0.3, 0.4) is 0 Å². The fourth-order valence-electron chi connectivity index (χ4n) is 2.26. The van der Waals surface area contributed by atoms with Crippen molar-refractivity contribution in [3.05, 3.63) is 24.3 Å². The topological polar surface area (TPSA) is 74.8 Å². The van der Waals surface area contributed by atoms with Crippen LogP contribution in [0.5, 0.6) is 0 Å². The number of rotatable bonds is 6. The monoisotopic (exact) mass is 276 g/mol. The van der Waals surface area contributed by atoms with Crippen LogP contribution in [0.25, 0.3) is 0 Å². The van der Waals surface area contributed by atoms with Crippen molar-refractivity contribution in [1.29, 1.82) is 0 Å². The molecule has 0 radical (unpaired) electrons. The third-order valence-electron chi connectivity index (χ3n) is 3.37. The highest BCUT2D eigenvalue weighted by Gasteiger charge is 2.26. The van der Waals surface area contributed by atoms with Gasteiger partial charge in [0.1, 0.15) is 0 Å². The summed E-state index contributed by atoms with van der Waals surface area (Å²) in [6.07, 6.45) is 6.45. The number of amides is 4. The fourth-order valence-corrected chi connectivity index (χ4v) is 2.26. The number of hydrogen-bond donors (Lipinski definition) is 0. The molecule has 106 valence electrons. The zero-order valence-corrected chi connectivity index (χ0v) is 11.2. The minimum absolute atomic E-state index is 0.128. The Morgan fingerprint density at radius 2 is 1.30 bits per heavy atom. The average Bonchev–Trinajstić information content (AvgIpc) is 2.88. The maximum atomic E-state index is 11.4. The smallest absolute Gasteiger partial charge is 0.253 e. The van der Waals surface area contributed by atoms with Gasteiger partial charge in [0, 0.05) is 37.4 Å². The van der Waals surface area contributed by atoms with E-state index < -0.39 is 0 Å². The molecule has 2 aliphatic heterocycles. The Bertz CT molecular complexity index is 485. The van der Waals surface area contributed by atoms with Crippen LogP contribution < -0.4 is 0 Å². The van der Waals surface area contributed by atoms with Gasteiger partial charge in [0.15, 0.2) is 0 Å². The lowest BCUT2D eigenvalue weighted by molar-refractivity contribution is -0.138. The quantitative estimate of drug-likeness (QED) is 0.652. The first-order valence-electron chi connectivity index (χ1n) is 6.56. The number of carbonyl (C=O) groups is 4. The van der Waals surface area contributed by atoms with Crippen molar-refractivity contribution in [3.63, 3.8) is 0 Å². The van der Waals surface area contributed by atoms with E-state index in [4.69, 9.17) is 0 Å². The first-order chi connectivity index (χ1) is 9.49. The van der Waals surface area contributed by atoms with E-state index in [1.165, 1.54) is 34.1 Å². The molecule has 2 heterocycles. The van der Waals surface area contributed by atoms with E-state index in [9.17, 15) is 19.2 Å². The molecule has 1 atom stereocenters. The molecule has 20 heavy (non-hydrogen) atoms. The van der Waals surface area contributed by atoms with Crippen LogP contribution >= 0.6 is 0 Å². The van der Waals surface area contributed by atoms with Crippen molar-refractivity contribution in [2.45, 2.75) is 19.8 Å². The molecule has 0 saturated heterocycles. The number of carbonyl (C=O) groups excluding carboxylic acids is 4. The molecule has 0 aromatic rings. The van der Waals surface area contributed by atoms with Gasteiger partial charge in [-0.25, -0.2) is 0 Å². The second-order valence-corrected chi connectivity index (χ2v) is 5.03. The third kappa shape index (κ3) is 3.01. The van der Waals surface area contributed by atoms with Crippen LogP contribution in [-0.2, 0) is 19.2 Å². The van der Waals surface area contributed by atoms with Gasteiger partial charge in [-0.15, -0.1) is 0 Å². The van der Waals surface area contributed by atoms with Gasteiger partial charge in [-0.1, -0.05) is 6.92 Å². The lowest BCUT2D eigenvalue weighted by Crippen LogP contribution is -2.35. The Labute approximate surface area is 116 Å². The Morgan fingerprint density at radius 3 is 1.80 bits per heavy atom. The average molecular weight is 276 g/mol. The molecule has 0 aromatic heterocycles. The summed E-state index contributed by atoms with van der Waals surface area (Å²) in [5, 5.41) is 0. The highest BCUT2D eigenvalue weighted by Crippen LogP contribution is 2.13. The standard InChI is InChI=1S/C14H16N2O4/c1-10(9-16-13(19)6-7-14(16)20)3-2-8-15-11(17)4-5-12(15)18/h4-7,10H,2-3,8-9H2,1H3/t10-/m0/s1. The lowest BCUT2D eigenvalue weighted by Gasteiger charge is -2.20. The summed E-state index contributed by atoms with van der Waals surface area (Å²) in [4.78, 5) is 47.9. The molecular formula is C14H16N2O4. The van der Waals surface area contributed by atoms with Crippen molar-refractivity contribution in [3.8, 4) is 0 Å². The molecule has 6 heteroatoms. The lowest BCUT2D eigenvalue weighted by atomic mass is 10.0. The molecule has 0 aromatic carbocycles. The van der Waals surface area contributed by atoms with E-state index in [1.807, 2.05) is 6.92 Å². The van der Waals surface area contributed by atoms with Crippen LogP contribution in [0.2, 0.25) is 0 Å². The fraction of sp³-hybridized carbons (Fsp3) is 0.429. The van der Waals surface area contributed by atoms with E-state index in [-0.39, 0.29) is 29.5 Å². The van der Waals surface area contributed by atoms with E-state index in [1.54, 1.807) is 0 Å². The number of hydrogen-bond acceptors (Lipinski definition) is 4. The van der Waals surface area contributed by atoms with Crippen molar-refractivity contribution in [2.75, 3.05) is 13.1 Å². The SMILES string of the molecule is C[C@@H](CCCN1C(=O)C=CC1=O)CN1C(=O)C=CC1=O. The van der Waals surface area contributed by atoms with Crippen LogP contribution in [0.1, 0.15) is 19.8 Å². The number of imide groups is 2. The minimum Gasteiger partial charge on any atom is -0.275 e. The normalized spacial score (nSPS) is 19.6. The highest BCUT2D eigenvalue weighted by atomic mass is 16.2. The molecule has 2 aliphatic rings.